The molecule has 2 rings (SSSR count). The Morgan fingerprint density at radius 3 is 2.54 bits per heavy atom. The highest BCUT2D eigenvalue weighted by molar-refractivity contribution is 5.82. The predicted octanol–water partition coefficient (Wildman–Crippen LogP) is 2.16. The predicted molar refractivity (Wildman–Crippen MR) is 88.2 cm³/mol. The fourth-order valence-corrected chi connectivity index (χ4v) is 2.17. The molecule has 0 saturated carbocycles. The summed E-state index contributed by atoms with van der Waals surface area (Å²) in [6, 6.07) is 5.32. The summed E-state index contributed by atoms with van der Waals surface area (Å²) in [7, 11) is 0. The van der Waals surface area contributed by atoms with Crippen molar-refractivity contribution in [2.24, 2.45) is 0 Å². The van der Waals surface area contributed by atoms with Crippen LogP contribution in [-0.4, -0.2) is 37.4 Å². The molecule has 0 fully saturated rings. The standard InChI is InChI=1S/C17H24N2O5/c1-11(12-5-6-13-14(9-12)23-8-7-22-13)19-15(20)10-18-16(21)24-17(2,3)4/h5-6,9,11H,7-8,10H2,1-4H3,(H,18,21)(H,19,20). The lowest BCUT2D eigenvalue weighted by atomic mass is 10.1. The third kappa shape index (κ3) is 5.33. The molecule has 1 heterocycles. The second-order valence-corrected chi connectivity index (χ2v) is 6.55. The zero-order valence-corrected chi connectivity index (χ0v) is 14.5. The van der Waals surface area contributed by atoms with E-state index in [0.29, 0.717) is 24.7 Å². The molecule has 0 saturated heterocycles. The van der Waals surface area contributed by atoms with Crippen molar-refractivity contribution in [2.75, 3.05) is 19.8 Å². The van der Waals surface area contributed by atoms with E-state index in [-0.39, 0.29) is 18.5 Å². The van der Waals surface area contributed by atoms with Gasteiger partial charge >= 0.3 is 6.09 Å². The average Bonchev–Trinajstić information content (AvgIpc) is 2.51. The molecule has 1 aromatic carbocycles. The van der Waals surface area contributed by atoms with Gasteiger partial charge in [-0.05, 0) is 45.4 Å². The average molecular weight is 336 g/mol. The van der Waals surface area contributed by atoms with E-state index in [4.69, 9.17) is 14.2 Å². The molecule has 1 unspecified atom stereocenters. The normalized spacial score (nSPS) is 14.5. The van der Waals surface area contributed by atoms with Gasteiger partial charge in [-0.3, -0.25) is 4.79 Å². The van der Waals surface area contributed by atoms with Gasteiger partial charge in [0.1, 0.15) is 25.4 Å². The molecular formula is C17H24N2O5. The third-order valence-electron chi connectivity index (χ3n) is 3.24. The fourth-order valence-electron chi connectivity index (χ4n) is 2.17. The van der Waals surface area contributed by atoms with E-state index >= 15 is 0 Å². The van der Waals surface area contributed by atoms with Crippen molar-refractivity contribution in [3.8, 4) is 11.5 Å². The van der Waals surface area contributed by atoms with E-state index in [2.05, 4.69) is 10.6 Å². The summed E-state index contributed by atoms with van der Waals surface area (Å²) in [4.78, 5) is 23.5. The Labute approximate surface area is 141 Å². The summed E-state index contributed by atoms with van der Waals surface area (Å²) in [6.07, 6.45) is -0.621. The summed E-state index contributed by atoms with van der Waals surface area (Å²) >= 11 is 0. The highest BCUT2D eigenvalue weighted by Crippen LogP contribution is 2.32. The molecule has 1 atom stereocenters. The molecule has 0 aromatic heterocycles. The Bertz CT molecular complexity index is 609. The zero-order chi connectivity index (χ0) is 17.7. The molecule has 132 valence electrons. The molecule has 2 N–H and O–H groups in total. The van der Waals surface area contributed by atoms with Gasteiger partial charge in [0.25, 0.3) is 0 Å². The molecule has 0 bridgehead atoms. The van der Waals surface area contributed by atoms with E-state index in [1.54, 1.807) is 20.8 Å². The van der Waals surface area contributed by atoms with Crippen LogP contribution in [-0.2, 0) is 9.53 Å². The number of nitrogens with one attached hydrogen (secondary N) is 2. The molecule has 0 aliphatic carbocycles. The second kappa shape index (κ2) is 7.42. The first-order valence-electron chi connectivity index (χ1n) is 7.90. The number of rotatable bonds is 4. The van der Waals surface area contributed by atoms with Gasteiger partial charge in [0.2, 0.25) is 5.91 Å². The molecular weight excluding hydrogens is 312 g/mol. The molecule has 24 heavy (non-hydrogen) atoms. The van der Waals surface area contributed by atoms with E-state index in [9.17, 15) is 9.59 Å². The second-order valence-electron chi connectivity index (χ2n) is 6.55. The van der Waals surface area contributed by atoms with Crippen LogP contribution in [0.4, 0.5) is 4.79 Å². The van der Waals surface area contributed by atoms with Gasteiger partial charge < -0.3 is 24.8 Å². The molecule has 7 nitrogen and oxygen atoms in total. The van der Waals surface area contributed by atoms with Gasteiger partial charge in [0.05, 0.1) is 6.04 Å². The van der Waals surface area contributed by atoms with Crippen molar-refractivity contribution in [3.05, 3.63) is 23.8 Å². The van der Waals surface area contributed by atoms with E-state index in [1.807, 2.05) is 25.1 Å². The summed E-state index contributed by atoms with van der Waals surface area (Å²) in [6.45, 7) is 8.04. The number of alkyl carbamates (subject to hydrolysis) is 1. The molecule has 0 radical (unpaired) electrons. The Morgan fingerprint density at radius 1 is 1.21 bits per heavy atom. The van der Waals surface area contributed by atoms with Crippen molar-refractivity contribution in [3.63, 3.8) is 0 Å². The minimum atomic E-state index is -0.621. The van der Waals surface area contributed by atoms with Crippen molar-refractivity contribution in [2.45, 2.75) is 39.3 Å². The monoisotopic (exact) mass is 336 g/mol. The third-order valence-corrected chi connectivity index (χ3v) is 3.24. The minimum Gasteiger partial charge on any atom is -0.486 e. The topological polar surface area (TPSA) is 85.9 Å². The largest absolute Gasteiger partial charge is 0.486 e. The molecule has 1 aliphatic rings. The van der Waals surface area contributed by atoms with Gasteiger partial charge in [-0.25, -0.2) is 4.79 Å². The summed E-state index contributed by atoms with van der Waals surface area (Å²) in [5.41, 5.74) is 0.295. The highest BCUT2D eigenvalue weighted by Gasteiger charge is 2.18. The van der Waals surface area contributed by atoms with Crippen LogP contribution in [0.5, 0.6) is 11.5 Å². The van der Waals surface area contributed by atoms with Crippen LogP contribution in [0.1, 0.15) is 39.3 Å². The number of carbonyl (C=O) groups excluding carboxylic acids is 2. The number of hydrogen-bond acceptors (Lipinski definition) is 5. The Balaban J connectivity index is 1.84. The van der Waals surface area contributed by atoms with Crippen LogP contribution < -0.4 is 20.1 Å². The number of carbonyl (C=O) groups is 2. The van der Waals surface area contributed by atoms with Crippen molar-refractivity contribution >= 4 is 12.0 Å². The van der Waals surface area contributed by atoms with Crippen molar-refractivity contribution in [1.82, 2.24) is 10.6 Å². The first-order valence-corrected chi connectivity index (χ1v) is 7.90. The summed E-state index contributed by atoms with van der Waals surface area (Å²) < 4.78 is 16.1. The summed E-state index contributed by atoms with van der Waals surface area (Å²) in [5, 5.41) is 5.24. The maximum Gasteiger partial charge on any atom is 0.408 e. The molecule has 1 aliphatic heterocycles. The van der Waals surface area contributed by atoms with Gasteiger partial charge in [0, 0.05) is 0 Å². The minimum absolute atomic E-state index is 0.149. The Kier molecular flexibility index (Phi) is 5.54. The zero-order valence-electron chi connectivity index (χ0n) is 14.5. The fraction of sp³-hybridized carbons (Fsp3) is 0.529. The van der Waals surface area contributed by atoms with Crippen LogP contribution >= 0.6 is 0 Å². The molecule has 1 aromatic rings. The van der Waals surface area contributed by atoms with E-state index in [0.717, 1.165) is 5.56 Å². The van der Waals surface area contributed by atoms with Gasteiger partial charge in [-0.1, -0.05) is 6.07 Å². The first kappa shape index (κ1) is 17.9. The van der Waals surface area contributed by atoms with E-state index in [1.165, 1.54) is 0 Å². The smallest absolute Gasteiger partial charge is 0.408 e. The lowest BCUT2D eigenvalue weighted by molar-refractivity contribution is -0.120. The lowest BCUT2D eigenvalue weighted by Gasteiger charge is -2.21. The van der Waals surface area contributed by atoms with E-state index < -0.39 is 11.7 Å². The summed E-state index contributed by atoms with van der Waals surface area (Å²) in [5.74, 6) is 1.07. The highest BCUT2D eigenvalue weighted by atomic mass is 16.6. The maximum absolute atomic E-state index is 11.9. The molecule has 7 heteroatoms. The van der Waals surface area contributed by atoms with Crippen LogP contribution in [0.15, 0.2) is 18.2 Å². The van der Waals surface area contributed by atoms with Crippen molar-refractivity contribution < 1.29 is 23.8 Å². The van der Waals surface area contributed by atoms with Gasteiger partial charge in [-0.2, -0.15) is 0 Å². The van der Waals surface area contributed by atoms with Gasteiger partial charge in [0.15, 0.2) is 11.5 Å². The van der Waals surface area contributed by atoms with Crippen LogP contribution in [0.3, 0.4) is 0 Å². The number of hydrogen-bond donors (Lipinski definition) is 2. The number of amides is 2. The SMILES string of the molecule is CC(NC(=O)CNC(=O)OC(C)(C)C)c1ccc2c(c1)OCCO2. The van der Waals surface area contributed by atoms with Gasteiger partial charge in [-0.15, -0.1) is 0 Å². The van der Waals surface area contributed by atoms with Crippen LogP contribution in [0.2, 0.25) is 0 Å². The maximum atomic E-state index is 11.9. The quantitative estimate of drug-likeness (QED) is 0.880. The number of benzene rings is 1. The first-order chi connectivity index (χ1) is 11.2. The Hall–Kier alpha value is -2.44. The Morgan fingerprint density at radius 2 is 1.88 bits per heavy atom. The molecule has 0 spiro atoms. The lowest BCUT2D eigenvalue weighted by Crippen LogP contribution is -2.40. The molecule has 2 amide bonds. The number of fused-ring (bicyclic) bond motifs is 1. The van der Waals surface area contributed by atoms with Crippen molar-refractivity contribution in [1.29, 1.82) is 0 Å². The number of ether oxygens (including phenoxy) is 3. The van der Waals surface area contributed by atoms with Crippen LogP contribution in [0.25, 0.3) is 0 Å². The van der Waals surface area contributed by atoms with Crippen LogP contribution in [0, 0.1) is 0 Å².